The normalized spacial score (nSPS) is 11.1. The molecule has 18 heavy (non-hydrogen) atoms. The number of carbonyl (C=O) groups is 1. The summed E-state index contributed by atoms with van der Waals surface area (Å²) >= 11 is 0. The number of rotatable bonds is 6. The first-order valence-electron chi connectivity index (χ1n) is 6.11. The van der Waals surface area contributed by atoms with E-state index in [9.17, 15) is 4.79 Å². The summed E-state index contributed by atoms with van der Waals surface area (Å²) in [6.45, 7) is 4.48. The molecule has 1 amide bonds. The number of nitrogens with two attached hydrogens (primary N) is 1. The van der Waals surface area contributed by atoms with Gasteiger partial charge in [0.2, 0.25) is 0 Å². The van der Waals surface area contributed by atoms with Gasteiger partial charge in [0.25, 0.3) is 5.91 Å². The van der Waals surface area contributed by atoms with E-state index < -0.39 is 0 Å². The zero-order chi connectivity index (χ0) is 13.6. The molecule has 1 aromatic rings. The molecule has 0 unspecified atom stereocenters. The second-order valence-electron chi connectivity index (χ2n) is 4.33. The number of aromatic nitrogens is 1. The maximum absolute atomic E-state index is 12.0. The Balaban J connectivity index is 2.71. The van der Waals surface area contributed by atoms with Gasteiger partial charge in [-0.3, -0.25) is 9.78 Å². The van der Waals surface area contributed by atoms with Gasteiger partial charge in [-0.15, -0.1) is 0 Å². The van der Waals surface area contributed by atoms with Crippen molar-refractivity contribution in [2.75, 3.05) is 13.7 Å². The van der Waals surface area contributed by atoms with Crippen LogP contribution in [-0.4, -0.2) is 30.1 Å². The van der Waals surface area contributed by atoms with E-state index in [0.29, 0.717) is 17.9 Å². The van der Waals surface area contributed by atoms with E-state index in [-0.39, 0.29) is 11.4 Å². The van der Waals surface area contributed by atoms with Gasteiger partial charge < -0.3 is 15.8 Å². The second-order valence-corrected chi connectivity index (χ2v) is 4.33. The molecule has 100 valence electrons. The first-order chi connectivity index (χ1) is 8.56. The Morgan fingerprint density at radius 1 is 1.50 bits per heavy atom. The van der Waals surface area contributed by atoms with Crippen LogP contribution in [-0.2, 0) is 0 Å². The highest BCUT2D eigenvalue weighted by Gasteiger charge is 2.22. The van der Waals surface area contributed by atoms with Crippen LogP contribution < -0.4 is 15.8 Å². The van der Waals surface area contributed by atoms with Crippen LogP contribution >= 0.6 is 0 Å². The zero-order valence-electron chi connectivity index (χ0n) is 11.2. The minimum atomic E-state index is -0.351. The van der Waals surface area contributed by atoms with Crippen LogP contribution in [0, 0.1) is 0 Å². The summed E-state index contributed by atoms with van der Waals surface area (Å²) in [5, 5.41) is 2.84. The molecule has 0 saturated carbocycles. The first-order valence-corrected chi connectivity index (χ1v) is 6.11. The summed E-state index contributed by atoms with van der Waals surface area (Å²) in [6.07, 6.45) is 4.71. The lowest BCUT2D eigenvalue weighted by molar-refractivity contribution is 0.0939. The summed E-state index contributed by atoms with van der Waals surface area (Å²) < 4.78 is 5.10. The Morgan fingerprint density at radius 3 is 2.72 bits per heavy atom. The fourth-order valence-electron chi connectivity index (χ4n) is 1.58. The molecule has 0 atom stereocenters. The molecule has 0 aliphatic rings. The van der Waals surface area contributed by atoms with Gasteiger partial charge in [0.15, 0.2) is 0 Å². The molecule has 0 aromatic carbocycles. The number of nitrogens with zero attached hydrogens (tertiary/aromatic N) is 1. The van der Waals surface area contributed by atoms with Gasteiger partial charge in [-0.2, -0.15) is 0 Å². The van der Waals surface area contributed by atoms with Crippen LogP contribution in [0.1, 0.15) is 37.0 Å². The molecule has 3 N–H and O–H groups in total. The summed E-state index contributed by atoms with van der Waals surface area (Å²) in [6, 6.07) is 1.63. The lowest BCUT2D eigenvalue weighted by Crippen LogP contribution is -2.49. The molecule has 1 heterocycles. The summed E-state index contributed by atoms with van der Waals surface area (Å²) in [4.78, 5) is 15.9. The van der Waals surface area contributed by atoms with Gasteiger partial charge in [-0.1, -0.05) is 13.8 Å². The average molecular weight is 251 g/mol. The van der Waals surface area contributed by atoms with Gasteiger partial charge >= 0.3 is 0 Å². The molecule has 0 aliphatic carbocycles. The number of ether oxygens (including phenoxy) is 1. The number of hydrogen-bond donors (Lipinski definition) is 2. The van der Waals surface area contributed by atoms with Crippen molar-refractivity contribution in [3.05, 3.63) is 24.0 Å². The molecule has 1 aromatic heterocycles. The number of nitrogens with one attached hydrogen (secondary N) is 1. The standard InChI is InChI=1S/C13H21N3O2/c1-4-13(14,5-2)9-16-12(17)10-6-7-15-8-11(10)18-3/h6-8H,4-5,9,14H2,1-3H3,(H,16,17). The molecule has 0 aliphatic heterocycles. The molecule has 0 spiro atoms. The lowest BCUT2D eigenvalue weighted by Gasteiger charge is -2.26. The Bertz CT molecular complexity index is 403. The monoisotopic (exact) mass is 251 g/mol. The highest BCUT2D eigenvalue weighted by molar-refractivity contribution is 5.96. The van der Waals surface area contributed by atoms with Crippen molar-refractivity contribution in [3.63, 3.8) is 0 Å². The topological polar surface area (TPSA) is 77.2 Å². The third kappa shape index (κ3) is 3.43. The van der Waals surface area contributed by atoms with Gasteiger partial charge in [-0.25, -0.2) is 0 Å². The molecule has 0 radical (unpaired) electrons. The van der Waals surface area contributed by atoms with Crippen LogP contribution in [0.4, 0.5) is 0 Å². The molecule has 5 nitrogen and oxygen atoms in total. The molecule has 0 saturated heterocycles. The van der Waals surface area contributed by atoms with E-state index >= 15 is 0 Å². The van der Waals surface area contributed by atoms with Crippen molar-refractivity contribution in [1.29, 1.82) is 0 Å². The van der Waals surface area contributed by atoms with Gasteiger partial charge in [0, 0.05) is 18.3 Å². The van der Waals surface area contributed by atoms with Gasteiger partial charge in [0.1, 0.15) is 5.75 Å². The van der Waals surface area contributed by atoms with Crippen molar-refractivity contribution in [1.82, 2.24) is 10.3 Å². The van der Waals surface area contributed by atoms with Crippen LogP contribution in [0.2, 0.25) is 0 Å². The Morgan fingerprint density at radius 2 is 2.17 bits per heavy atom. The van der Waals surface area contributed by atoms with Crippen LogP contribution in [0.3, 0.4) is 0 Å². The number of hydrogen-bond acceptors (Lipinski definition) is 4. The maximum Gasteiger partial charge on any atom is 0.255 e. The Kier molecular flexibility index (Phi) is 5.09. The first kappa shape index (κ1) is 14.4. The minimum absolute atomic E-state index is 0.189. The second kappa shape index (κ2) is 6.35. The van der Waals surface area contributed by atoms with E-state index in [4.69, 9.17) is 10.5 Å². The predicted molar refractivity (Wildman–Crippen MR) is 70.6 cm³/mol. The van der Waals surface area contributed by atoms with Crippen molar-refractivity contribution in [2.45, 2.75) is 32.2 Å². The van der Waals surface area contributed by atoms with Crippen LogP contribution in [0.15, 0.2) is 18.5 Å². The highest BCUT2D eigenvalue weighted by atomic mass is 16.5. The molecule has 0 bridgehead atoms. The Hall–Kier alpha value is -1.62. The molecular weight excluding hydrogens is 230 g/mol. The molecule has 5 heteroatoms. The van der Waals surface area contributed by atoms with Crippen LogP contribution in [0.5, 0.6) is 5.75 Å². The smallest absolute Gasteiger partial charge is 0.255 e. The predicted octanol–water partition coefficient (Wildman–Crippen LogP) is 1.34. The quantitative estimate of drug-likeness (QED) is 0.799. The van der Waals surface area contributed by atoms with E-state index in [1.165, 1.54) is 13.3 Å². The van der Waals surface area contributed by atoms with E-state index in [1.54, 1.807) is 12.3 Å². The summed E-state index contributed by atoms with van der Waals surface area (Å²) in [7, 11) is 1.51. The molecule has 1 rings (SSSR count). The SMILES string of the molecule is CCC(N)(CC)CNC(=O)c1ccncc1OC. The third-order valence-corrected chi connectivity index (χ3v) is 3.26. The highest BCUT2D eigenvalue weighted by Crippen LogP contribution is 2.16. The average Bonchev–Trinajstić information content (AvgIpc) is 2.44. The summed E-state index contributed by atoms with van der Waals surface area (Å²) in [5.74, 6) is 0.275. The van der Waals surface area contributed by atoms with Crippen molar-refractivity contribution in [3.8, 4) is 5.75 Å². The zero-order valence-corrected chi connectivity index (χ0v) is 11.2. The van der Waals surface area contributed by atoms with Gasteiger partial charge in [0.05, 0.1) is 18.9 Å². The number of methoxy groups -OCH3 is 1. The minimum Gasteiger partial charge on any atom is -0.494 e. The fourth-order valence-corrected chi connectivity index (χ4v) is 1.58. The Labute approximate surface area is 108 Å². The largest absolute Gasteiger partial charge is 0.494 e. The van der Waals surface area contributed by atoms with E-state index in [1.807, 2.05) is 13.8 Å². The third-order valence-electron chi connectivity index (χ3n) is 3.26. The van der Waals surface area contributed by atoms with E-state index in [2.05, 4.69) is 10.3 Å². The van der Waals surface area contributed by atoms with Gasteiger partial charge in [-0.05, 0) is 18.9 Å². The van der Waals surface area contributed by atoms with Crippen molar-refractivity contribution < 1.29 is 9.53 Å². The number of amides is 1. The lowest BCUT2D eigenvalue weighted by atomic mass is 9.94. The molecular formula is C13H21N3O2. The maximum atomic E-state index is 12.0. The molecule has 0 fully saturated rings. The van der Waals surface area contributed by atoms with Crippen LogP contribution in [0.25, 0.3) is 0 Å². The van der Waals surface area contributed by atoms with Crippen molar-refractivity contribution >= 4 is 5.91 Å². The number of pyridine rings is 1. The van der Waals surface area contributed by atoms with Crippen molar-refractivity contribution in [2.24, 2.45) is 5.73 Å². The number of carbonyl (C=O) groups excluding carboxylic acids is 1. The fraction of sp³-hybridized carbons (Fsp3) is 0.538. The van der Waals surface area contributed by atoms with E-state index in [0.717, 1.165) is 12.8 Å². The summed E-state index contributed by atoms with van der Waals surface area (Å²) in [5.41, 5.74) is 6.26.